The van der Waals surface area contributed by atoms with Crippen molar-refractivity contribution < 1.29 is 9.90 Å². The zero-order chi connectivity index (χ0) is 17.8. The van der Waals surface area contributed by atoms with Gasteiger partial charge in [0.05, 0.1) is 12.5 Å². The fraction of sp³-hybridized carbons (Fsp3) is 0.450. The Labute approximate surface area is 148 Å². The lowest BCUT2D eigenvalue weighted by Gasteiger charge is -2.24. The maximum atomic E-state index is 10.8. The van der Waals surface area contributed by atoms with Gasteiger partial charge in [0.2, 0.25) is 0 Å². The van der Waals surface area contributed by atoms with E-state index in [-0.39, 0.29) is 12.5 Å². The Balaban J connectivity index is 1.79. The molecule has 5 nitrogen and oxygen atoms in total. The third kappa shape index (κ3) is 4.42. The zero-order valence-corrected chi connectivity index (χ0v) is 14.9. The average Bonchev–Trinajstić information content (AvgIpc) is 3.03. The van der Waals surface area contributed by atoms with Gasteiger partial charge in [0.1, 0.15) is 5.82 Å². The molecule has 25 heavy (non-hydrogen) atoms. The van der Waals surface area contributed by atoms with Crippen molar-refractivity contribution in [2.75, 3.05) is 6.54 Å². The SMILES string of the molecule is Cc1cc(CCC(=O)O)nc([C@H]2CCCN2Cc2ccccc2C)n1. The standard InChI is InChI=1S/C20H25N3O2/c1-14-6-3-4-7-16(14)13-23-11-5-8-18(23)20-21-15(2)12-17(22-20)9-10-19(24)25/h3-4,6-7,12,18H,5,8-11,13H2,1-2H3,(H,24,25)/t18-/m1/s1. The van der Waals surface area contributed by atoms with Gasteiger partial charge in [-0.1, -0.05) is 24.3 Å². The van der Waals surface area contributed by atoms with Crippen LogP contribution in [0, 0.1) is 13.8 Å². The summed E-state index contributed by atoms with van der Waals surface area (Å²) in [6.45, 7) is 6.05. The topological polar surface area (TPSA) is 66.3 Å². The van der Waals surface area contributed by atoms with Crippen LogP contribution in [0.4, 0.5) is 0 Å². The van der Waals surface area contributed by atoms with E-state index in [9.17, 15) is 4.79 Å². The Kier molecular flexibility index (Phi) is 5.43. The largest absolute Gasteiger partial charge is 0.481 e. The molecule has 1 aromatic carbocycles. The number of likely N-dealkylation sites (tertiary alicyclic amines) is 1. The number of carboxylic acids is 1. The summed E-state index contributed by atoms with van der Waals surface area (Å²) in [5.41, 5.74) is 4.38. The number of hydrogen-bond acceptors (Lipinski definition) is 4. The van der Waals surface area contributed by atoms with Gasteiger partial charge in [-0.3, -0.25) is 9.69 Å². The summed E-state index contributed by atoms with van der Waals surface area (Å²) < 4.78 is 0. The van der Waals surface area contributed by atoms with E-state index in [0.717, 1.165) is 43.1 Å². The minimum absolute atomic E-state index is 0.105. The average molecular weight is 339 g/mol. The molecule has 0 unspecified atom stereocenters. The lowest BCUT2D eigenvalue weighted by atomic mass is 10.1. The van der Waals surface area contributed by atoms with Crippen molar-refractivity contribution in [3.05, 3.63) is 58.7 Å². The maximum Gasteiger partial charge on any atom is 0.303 e. The summed E-state index contributed by atoms with van der Waals surface area (Å²) in [7, 11) is 0. The number of aliphatic carboxylic acids is 1. The number of rotatable bonds is 6. The third-order valence-electron chi connectivity index (χ3n) is 4.82. The molecular weight excluding hydrogens is 314 g/mol. The molecule has 2 aromatic rings. The normalized spacial score (nSPS) is 17.8. The second-order valence-electron chi connectivity index (χ2n) is 6.81. The molecule has 0 spiro atoms. The molecule has 1 atom stereocenters. The van der Waals surface area contributed by atoms with Gasteiger partial charge in [-0.25, -0.2) is 9.97 Å². The van der Waals surface area contributed by atoms with Crippen LogP contribution in [0.3, 0.4) is 0 Å². The van der Waals surface area contributed by atoms with Gasteiger partial charge in [0.25, 0.3) is 0 Å². The molecule has 1 aliphatic heterocycles. The summed E-state index contributed by atoms with van der Waals surface area (Å²) in [6.07, 6.45) is 2.75. The molecule has 5 heteroatoms. The van der Waals surface area contributed by atoms with Crippen LogP contribution in [0.2, 0.25) is 0 Å². The van der Waals surface area contributed by atoms with Gasteiger partial charge < -0.3 is 5.11 Å². The van der Waals surface area contributed by atoms with E-state index in [1.165, 1.54) is 11.1 Å². The minimum Gasteiger partial charge on any atom is -0.481 e. The Morgan fingerprint density at radius 2 is 2.08 bits per heavy atom. The number of aromatic nitrogens is 2. The molecule has 0 saturated carbocycles. The Hall–Kier alpha value is -2.27. The van der Waals surface area contributed by atoms with Crippen LogP contribution < -0.4 is 0 Å². The van der Waals surface area contributed by atoms with Crippen LogP contribution in [0.1, 0.15) is 53.6 Å². The van der Waals surface area contributed by atoms with Gasteiger partial charge in [0, 0.05) is 24.4 Å². The van der Waals surface area contributed by atoms with Crippen molar-refractivity contribution in [2.24, 2.45) is 0 Å². The lowest BCUT2D eigenvalue weighted by Crippen LogP contribution is -2.25. The monoisotopic (exact) mass is 339 g/mol. The molecule has 0 bridgehead atoms. The Morgan fingerprint density at radius 3 is 2.84 bits per heavy atom. The molecule has 0 aliphatic carbocycles. The molecule has 1 aromatic heterocycles. The van der Waals surface area contributed by atoms with Crippen molar-refractivity contribution in [1.29, 1.82) is 0 Å². The number of carbonyl (C=O) groups is 1. The first-order valence-corrected chi connectivity index (χ1v) is 8.88. The first kappa shape index (κ1) is 17.5. The predicted molar refractivity (Wildman–Crippen MR) is 96.3 cm³/mol. The van der Waals surface area contributed by atoms with Crippen molar-refractivity contribution >= 4 is 5.97 Å². The van der Waals surface area contributed by atoms with Crippen LogP contribution in [-0.4, -0.2) is 32.5 Å². The van der Waals surface area contributed by atoms with E-state index in [4.69, 9.17) is 5.11 Å². The molecule has 1 aliphatic rings. The number of nitrogens with zero attached hydrogens (tertiary/aromatic N) is 3. The summed E-state index contributed by atoms with van der Waals surface area (Å²) in [5.74, 6) is 0.0475. The molecule has 1 saturated heterocycles. The molecule has 0 radical (unpaired) electrons. The van der Waals surface area contributed by atoms with Gasteiger partial charge in [-0.15, -0.1) is 0 Å². The summed E-state index contributed by atoms with van der Waals surface area (Å²) in [5, 5.41) is 8.91. The highest BCUT2D eigenvalue weighted by molar-refractivity contribution is 5.66. The lowest BCUT2D eigenvalue weighted by molar-refractivity contribution is -0.136. The van der Waals surface area contributed by atoms with E-state index in [0.29, 0.717) is 6.42 Å². The third-order valence-corrected chi connectivity index (χ3v) is 4.82. The highest BCUT2D eigenvalue weighted by Gasteiger charge is 2.29. The summed E-state index contributed by atoms with van der Waals surface area (Å²) in [6, 6.07) is 10.6. The molecule has 1 fully saturated rings. The second kappa shape index (κ2) is 7.74. The molecule has 2 heterocycles. The van der Waals surface area contributed by atoms with Crippen molar-refractivity contribution in [3.63, 3.8) is 0 Å². The number of aryl methyl sites for hydroxylation is 3. The fourth-order valence-electron chi connectivity index (χ4n) is 3.48. The van der Waals surface area contributed by atoms with Gasteiger partial charge in [-0.2, -0.15) is 0 Å². The molecule has 1 N–H and O–H groups in total. The van der Waals surface area contributed by atoms with Gasteiger partial charge >= 0.3 is 5.97 Å². The number of benzene rings is 1. The van der Waals surface area contributed by atoms with Crippen LogP contribution in [0.5, 0.6) is 0 Å². The van der Waals surface area contributed by atoms with Gasteiger partial charge in [-0.05, 0) is 50.4 Å². The molecule has 0 amide bonds. The Morgan fingerprint density at radius 1 is 1.28 bits per heavy atom. The summed E-state index contributed by atoms with van der Waals surface area (Å²) >= 11 is 0. The van der Waals surface area contributed by atoms with E-state index in [1.54, 1.807) is 0 Å². The first-order chi connectivity index (χ1) is 12.0. The Bertz CT molecular complexity index is 760. The first-order valence-electron chi connectivity index (χ1n) is 8.88. The highest BCUT2D eigenvalue weighted by Crippen LogP contribution is 2.32. The molecule has 3 rings (SSSR count). The molecule has 132 valence electrons. The van der Waals surface area contributed by atoms with Gasteiger partial charge in [0.15, 0.2) is 0 Å². The maximum absolute atomic E-state index is 10.8. The van der Waals surface area contributed by atoms with E-state index >= 15 is 0 Å². The number of carboxylic acid groups (broad SMARTS) is 1. The second-order valence-corrected chi connectivity index (χ2v) is 6.81. The predicted octanol–water partition coefficient (Wildman–Crippen LogP) is 3.45. The highest BCUT2D eigenvalue weighted by atomic mass is 16.4. The van der Waals surface area contributed by atoms with E-state index in [1.807, 2.05) is 13.0 Å². The van der Waals surface area contributed by atoms with E-state index in [2.05, 4.69) is 46.1 Å². The zero-order valence-electron chi connectivity index (χ0n) is 14.9. The van der Waals surface area contributed by atoms with Crippen LogP contribution in [-0.2, 0) is 17.8 Å². The number of hydrogen-bond donors (Lipinski definition) is 1. The van der Waals surface area contributed by atoms with Crippen molar-refractivity contribution in [3.8, 4) is 0 Å². The molecular formula is C20H25N3O2. The minimum atomic E-state index is -0.792. The fourth-order valence-corrected chi connectivity index (χ4v) is 3.48. The van der Waals surface area contributed by atoms with Crippen molar-refractivity contribution in [2.45, 2.75) is 52.1 Å². The quantitative estimate of drug-likeness (QED) is 0.873. The smallest absolute Gasteiger partial charge is 0.303 e. The van der Waals surface area contributed by atoms with Crippen LogP contribution in [0.15, 0.2) is 30.3 Å². The summed E-state index contributed by atoms with van der Waals surface area (Å²) in [4.78, 5) is 22.6. The van der Waals surface area contributed by atoms with Crippen molar-refractivity contribution in [1.82, 2.24) is 14.9 Å². The van der Waals surface area contributed by atoms with Crippen LogP contribution >= 0.6 is 0 Å². The van der Waals surface area contributed by atoms with E-state index < -0.39 is 5.97 Å². The van der Waals surface area contributed by atoms with Crippen LogP contribution in [0.25, 0.3) is 0 Å².